The number of nitrogens with zero attached hydrogens (tertiary/aromatic N) is 2. The smallest absolute Gasteiger partial charge is 0.0629 e. The molecule has 1 rings (SSSR count). The number of aliphatic imine (C=N–C) groups is 1. The van der Waals surface area contributed by atoms with Gasteiger partial charge in [-0.3, -0.25) is 4.99 Å². The zero-order valence-electron chi connectivity index (χ0n) is 8.01. The first kappa shape index (κ1) is 9.52. The molecule has 1 aromatic carbocycles. The van der Waals surface area contributed by atoms with Gasteiger partial charge in [0.1, 0.15) is 0 Å². The van der Waals surface area contributed by atoms with E-state index < -0.39 is 0 Å². The van der Waals surface area contributed by atoms with Crippen LogP contribution in [0.5, 0.6) is 0 Å². The lowest BCUT2D eigenvalue weighted by Gasteiger charge is -2.00. The number of hydrogen-bond donors (Lipinski definition) is 0. The van der Waals surface area contributed by atoms with Crippen molar-refractivity contribution in [1.82, 2.24) is 4.90 Å². The second-order valence-electron chi connectivity index (χ2n) is 2.92. The van der Waals surface area contributed by atoms with E-state index in [0.29, 0.717) is 0 Å². The lowest BCUT2D eigenvalue weighted by Crippen LogP contribution is -1.99. The molecular formula is C11H14N2. The number of rotatable bonds is 3. The van der Waals surface area contributed by atoms with Gasteiger partial charge in [0.05, 0.1) is 5.69 Å². The molecule has 0 unspecified atom stereocenters. The third-order valence-corrected chi connectivity index (χ3v) is 1.45. The molecule has 0 aliphatic heterocycles. The Balaban J connectivity index is 2.50. The van der Waals surface area contributed by atoms with Crippen molar-refractivity contribution in [3.63, 3.8) is 0 Å². The van der Waals surface area contributed by atoms with Crippen molar-refractivity contribution in [2.24, 2.45) is 4.99 Å². The minimum Gasteiger partial charge on any atom is -0.383 e. The summed E-state index contributed by atoms with van der Waals surface area (Å²) in [5.74, 6) is 0. The molecule has 13 heavy (non-hydrogen) atoms. The summed E-state index contributed by atoms with van der Waals surface area (Å²) >= 11 is 0. The Kier molecular flexibility index (Phi) is 3.76. The summed E-state index contributed by atoms with van der Waals surface area (Å²) in [6, 6.07) is 9.87. The van der Waals surface area contributed by atoms with Crippen LogP contribution in [-0.4, -0.2) is 25.2 Å². The molecule has 0 atom stereocenters. The first-order valence-corrected chi connectivity index (χ1v) is 4.21. The Bertz CT molecular complexity index is 286. The average molecular weight is 174 g/mol. The Morgan fingerprint density at radius 1 is 1.15 bits per heavy atom. The molecule has 0 N–H and O–H groups in total. The molecule has 0 radical (unpaired) electrons. The maximum absolute atomic E-state index is 4.24. The van der Waals surface area contributed by atoms with Gasteiger partial charge >= 0.3 is 0 Å². The third-order valence-electron chi connectivity index (χ3n) is 1.45. The van der Waals surface area contributed by atoms with Crippen molar-refractivity contribution >= 4 is 11.9 Å². The Labute approximate surface area is 79.2 Å². The molecule has 0 bridgehead atoms. The van der Waals surface area contributed by atoms with E-state index in [1.165, 1.54) is 0 Å². The van der Waals surface area contributed by atoms with E-state index >= 15 is 0 Å². The number of hydrogen-bond acceptors (Lipinski definition) is 2. The molecule has 0 amide bonds. The van der Waals surface area contributed by atoms with E-state index in [-0.39, 0.29) is 0 Å². The fourth-order valence-electron chi connectivity index (χ4n) is 0.854. The molecule has 0 aliphatic carbocycles. The van der Waals surface area contributed by atoms with Crippen LogP contribution in [0.1, 0.15) is 0 Å². The average Bonchev–Trinajstić information content (AvgIpc) is 2.14. The van der Waals surface area contributed by atoms with Crippen molar-refractivity contribution in [2.75, 3.05) is 14.1 Å². The Morgan fingerprint density at radius 3 is 2.46 bits per heavy atom. The van der Waals surface area contributed by atoms with E-state index in [1.807, 2.05) is 61.6 Å². The van der Waals surface area contributed by atoms with E-state index in [9.17, 15) is 0 Å². The van der Waals surface area contributed by atoms with E-state index in [4.69, 9.17) is 0 Å². The summed E-state index contributed by atoms with van der Waals surface area (Å²) in [4.78, 5) is 6.21. The first-order valence-electron chi connectivity index (χ1n) is 4.21. The molecule has 2 nitrogen and oxygen atoms in total. The summed E-state index contributed by atoms with van der Waals surface area (Å²) in [5.41, 5.74) is 0.978. The van der Waals surface area contributed by atoms with Crippen LogP contribution in [0.2, 0.25) is 0 Å². The van der Waals surface area contributed by atoms with Crippen LogP contribution in [0.4, 0.5) is 5.69 Å². The zero-order chi connectivity index (χ0) is 9.52. The Morgan fingerprint density at radius 2 is 1.85 bits per heavy atom. The summed E-state index contributed by atoms with van der Waals surface area (Å²) < 4.78 is 0. The van der Waals surface area contributed by atoms with Gasteiger partial charge in [0.2, 0.25) is 0 Å². The molecule has 68 valence electrons. The maximum Gasteiger partial charge on any atom is 0.0629 e. The minimum absolute atomic E-state index is 0.978. The molecule has 2 heteroatoms. The van der Waals surface area contributed by atoms with Gasteiger partial charge in [0, 0.05) is 26.5 Å². The second-order valence-corrected chi connectivity index (χ2v) is 2.92. The van der Waals surface area contributed by atoms with E-state index in [2.05, 4.69) is 4.99 Å². The fraction of sp³-hybridized carbons (Fsp3) is 0.182. The lowest BCUT2D eigenvalue weighted by molar-refractivity contribution is 0.564. The summed E-state index contributed by atoms with van der Waals surface area (Å²) in [5, 5.41) is 0. The van der Waals surface area contributed by atoms with Gasteiger partial charge in [-0.25, -0.2) is 0 Å². The van der Waals surface area contributed by atoms with Gasteiger partial charge in [0.15, 0.2) is 0 Å². The summed E-state index contributed by atoms with van der Waals surface area (Å²) in [6.07, 6.45) is 5.65. The third kappa shape index (κ3) is 4.11. The predicted molar refractivity (Wildman–Crippen MR) is 57.4 cm³/mol. The number of benzene rings is 1. The lowest BCUT2D eigenvalue weighted by atomic mass is 10.3. The number of para-hydroxylation sites is 1. The van der Waals surface area contributed by atoms with Gasteiger partial charge in [-0.1, -0.05) is 18.2 Å². The highest BCUT2D eigenvalue weighted by Crippen LogP contribution is 2.07. The SMILES string of the molecule is CN(C)/C=C\C=N\c1ccccc1. The second kappa shape index (κ2) is 5.14. The van der Waals surface area contributed by atoms with E-state index in [1.54, 1.807) is 6.21 Å². The quantitative estimate of drug-likeness (QED) is 0.643. The van der Waals surface area contributed by atoms with Crippen molar-refractivity contribution < 1.29 is 0 Å². The molecule has 1 aromatic rings. The van der Waals surface area contributed by atoms with Gasteiger partial charge in [-0.05, 0) is 18.2 Å². The van der Waals surface area contributed by atoms with Gasteiger partial charge < -0.3 is 4.90 Å². The highest BCUT2D eigenvalue weighted by atomic mass is 15.0. The van der Waals surface area contributed by atoms with Crippen LogP contribution in [0.3, 0.4) is 0 Å². The molecule has 0 heterocycles. The topological polar surface area (TPSA) is 15.6 Å². The first-order chi connectivity index (χ1) is 6.29. The molecule has 0 saturated carbocycles. The van der Waals surface area contributed by atoms with Crippen LogP contribution in [-0.2, 0) is 0 Å². The van der Waals surface area contributed by atoms with E-state index in [0.717, 1.165) is 5.69 Å². The van der Waals surface area contributed by atoms with Crippen LogP contribution in [0.25, 0.3) is 0 Å². The summed E-state index contributed by atoms with van der Waals surface area (Å²) in [6.45, 7) is 0. The van der Waals surface area contributed by atoms with Gasteiger partial charge in [-0.2, -0.15) is 0 Å². The van der Waals surface area contributed by atoms with Crippen LogP contribution >= 0.6 is 0 Å². The van der Waals surface area contributed by atoms with Crippen molar-refractivity contribution in [3.8, 4) is 0 Å². The fourth-order valence-corrected chi connectivity index (χ4v) is 0.854. The molecule has 0 fully saturated rings. The molecule has 0 aromatic heterocycles. The molecule has 0 aliphatic rings. The normalized spacial score (nSPS) is 11.2. The monoisotopic (exact) mass is 174 g/mol. The number of allylic oxidation sites excluding steroid dienone is 1. The maximum atomic E-state index is 4.24. The highest BCUT2D eigenvalue weighted by Gasteiger charge is 1.80. The largest absolute Gasteiger partial charge is 0.383 e. The molecular weight excluding hydrogens is 160 g/mol. The minimum atomic E-state index is 0.978. The van der Waals surface area contributed by atoms with Gasteiger partial charge in [-0.15, -0.1) is 0 Å². The van der Waals surface area contributed by atoms with Crippen LogP contribution in [0, 0.1) is 0 Å². The van der Waals surface area contributed by atoms with Crippen molar-refractivity contribution in [1.29, 1.82) is 0 Å². The van der Waals surface area contributed by atoms with Crippen molar-refractivity contribution in [2.45, 2.75) is 0 Å². The molecule has 0 saturated heterocycles. The Hall–Kier alpha value is -1.57. The predicted octanol–water partition coefficient (Wildman–Crippen LogP) is 2.46. The standard InChI is InChI=1S/C11H14N2/c1-13(2)10-6-9-12-11-7-4-3-5-8-11/h3-10H,1-2H3/b10-6-,12-9+. The highest BCUT2D eigenvalue weighted by molar-refractivity contribution is 5.74. The van der Waals surface area contributed by atoms with Gasteiger partial charge in [0.25, 0.3) is 0 Å². The van der Waals surface area contributed by atoms with Crippen LogP contribution in [0.15, 0.2) is 47.6 Å². The zero-order valence-corrected chi connectivity index (χ0v) is 8.01. The van der Waals surface area contributed by atoms with Crippen molar-refractivity contribution in [3.05, 3.63) is 42.6 Å². The summed E-state index contributed by atoms with van der Waals surface area (Å²) in [7, 11) is 3.96. The molecule has 0 spiro atoms. The van der Waals surface area contributed by atoms with Crippen LogP contribution < -0.4 is 0 Å².